The van der Waals surface area contributed by atoms with Gasteiger partial charge in [-0.1, -0.05) is 19.0 Å². The number of ketones is 1. The molecular formula is C9H11BO2. The zero-order chi connectivity index (χ0) is 8.97. The summed E-state index contributed by atoms with van der Waals surface area (Å²) in [5, 5.41) is 9.08. The molecular weight excluding hydrogens is 151 g/mol. The van der Waals surface area contributed by atoms with Gasteiger partial charge in [0, 0.05) is 5.56 Å². The molecule has 1 aromatic rings. The average molecular weight is 162 g/mol. The van der Waals surface area contributed by atoms with Gasteiger partial charge in [0.1, 0.15) is 13.0 Å². The molecule has 0 fully saturated rings. The van der Waals surface area contributed by atoms with Gasteiger partial charge in [0.15, 0.2) is 5.78 Å². The number of hydrogen-bond acceptors (Lipinski definition) is 2. The fourth-order valence-electron chi connectivity index (χ4n) is 1.05. The number of carbonyl (C=O) groups is 1. The molecule has 12 heavy (non-hydrogen) atoms. The lowest BCUT2D eigenvalue weighted by Gasteiger charge is -1.98. The van der Waals surface area contributed by atoms with E-state index in [1.54, 1.807) is 18.2 Å². The van der Waals surface area contributed by atoms with Crippen LogP contribution in [0.1, 0.15) is 10.4 Å². The van der Waals surface area contributed by atoms with Crippen molar-refractivity contribution in [1.82, 2.24) is 0 Å². The predicted molar refractivity (Wildman–Crippen MR) is 50.3 cm³/mol. The number of hydrogen-bond donors (Lipinski definition) is 1. The summed E-state index contributed by atoms with van der Waals surface area (Å²) in [5.74, 6) is 0.241. The molecule has 2 nitrogen and oxygen atoms in total. The number of benzene rings is 1. The monoisotopic (exact) mass is 162 g/mol. The van der Waals surface area contributed by atoms with Crippen LogP contribution in [-0.4, -0.2) is 18.2 Å². The molecule has 3 heteroatoms. The van der Waals surface area contributed by atoms with Gasteiger partial charge in [-0.3, -0.25) is 4.79 Å². The van der Waals surface area contributed by atoms with Crippen LogP contribution in [0.25, 0.3) is 0 Å². The Morgan fingerprint density at radius 1 is 1.58 bits per heavy atom. The van der Waals surface area contributed by atoms with Crippen molar-refractivity contribution in [2.45, 2.75) is 13.1 Å². The Bertz CT molecular complexity index is 284. The molecule has 0 aromatic heterocycles. The highest BCUT2D eigenvalue weighted by Crippen LogP contribution is 2.12. The molecule has 0 unspecified atom stereocenters. The maximum absolute atomic E-state index is 11.3. The van der Waals surface area contributed by atoms with E-state index in [0.29, 0.717) is 11.9 Å². The van der Waals surface area contributed by atoms with Crippen LogP contribution in [0, 0.1) is 0 Å². The molecule has 1 aromatic carbocycles. The highest BCUT2D eigenvalue weighted by molar-refractivity contribution is 6.41. The van der Waals surface area contributed by atoms with Crippen LogP contribution in [0.3, 0.4) is 0 Å². The molecule has 0 heterocycles. The van der Waals surface area contributed by atoms with Crippen LogP contribution in [0.5, 0.6) is 5.75 Å². The van der Waals surface area contributed by atoms with Crippen LogP contribution in [0.2, 0.25) is 13.1 Å². The molecule has 62 valence electrons. The summed E-state index contributed by atoms with van der Waals surface area (Å²) in [6, 6.07) is 6.46. The van der Waals surface area contributed by atoms with Crippen LogP contribution < -0.4 is 0 Å². The third kappa shape index (κ3) is 2.12. The van der Waals surface area contributed by atoms with E-state index in [-0.39, 0.29) is 11.5 Å². The smallest absolute Gasteiger partial charge is 0.155 e. The third-order valence-corrected chi connectivity index (χ3v) is 1.65. The fraction of sp³-hybridized carbons (Fsp3) is 0.222. The second-order valence-electron chi connectivity index (χ2n) is 2.72. The summed E-state index contributed by atoms with van der Waals surface area (Å²) in [5.41, 5.74) is 0.594. The standard InChI is InChI=1S/C9H11BO2/c1-10-6-9(12)7-3-2-4-8(11)5-7/h2-5,10-11H,6H2,1H3. The minimum Gasteiger partial charge on any atom is -0.508 e. The SMILES string of the molecule is CBCC(=O)c1cccc(O)c1. The Hall–Kier alpha value is -1.25. The minimum atomic E-state index is 0.0911. The van der Waals surface area contributed by atoms with Crippen molar-refractivity contribution in [3.05, 3.63) is 29.8 Å². The summed E-state index contributed by atoms with van der Waals surface area (Å²) in [6.07, 6.45) is 0.545. The van der Waals surface area contributed by atoms with Gasteiger partial charge in [-0.25, -0.2) is 0 Å². The Morgan fingerprint density at radius 3 is 2.92 bits per heavy atom. The molecule has 0 radical (unpaired) electrons. The highest BCUT2D eigenvalue weighted by Gasteiger charge is 2.04. The molecule has 0 aliphatic heterocycles. The van der Waals surface area contributed by atoms with Crippen molar-refractivity contribution in [3.8, 4) is 5.75 Å². The van der Waals surface area contributed by atoms with Gasteiger partial charge in [-0.2, -0.15) is 0 Å². The lowest BCUT2D eigenvalue weighted by Crippen LogP contribution is -2.00. The number of phenolic OH excluding ortho intramolecular Hbond substituents is 1. The number of carbonyl (C=O) groups excluding carboxylic acids is 1. The molecule has 0 atom stereocenters. The molecule has 0 saturated carbocycles. The average Bonchev–Trinajstić information content (AvgIpc) is 2.05. The maximum Gasteiger partial charge on any atom is 0.155 e. The minimum absolute atomic E-state index is 0.0911. The Kier molecular flexibility index (Phi) is 2.91. The quantitative estimate of drug-likeness (QED) is 0.539. The van der Waals surface area contributed by atoms with Crippen LogP contribution in [0.15, 0.2) is 24.3 Å². The van der Waals surface area contributed by atoms with E-state index in [0.717, 1.165) is 7.28 Å². The molecule has 0 bridgehead atoms. The number of Topliss-reactive ketones (excluding diaryl/α,β-unsaturated/α-hetero) is 1. The van der Waals surface area contributed by atoms with E-state index in [9.17, 15) is 4.79 Å². The lowest BCUT2D eigenvalue weighted by atomic mass is 9.75. The van der Waals surface area contributed by atoms with E-state index in [2.05, 4.69) is 0 Å². The van der Waals surface area contributed by atoms with Gasteiger partial charge < -0.3 is 5.11 Å². The van der Waals surface area contributed by atoms with Gasteiger partial charge in [0.2, 0.25) is 0 Å². The first-order valence-corrected chi connectivity index (χ1v) is 4.06. The van der Waals surface area contributed by atoms with Crippen LogP contribution in [0.4, 0.5) is 0 Å². The van der Waals surface area contributed by atoms with E-state index in [4.69, 9.17) is 5.11 Å². The molecule has 0 aliphatic rings. The first-order valence-electron chi connectivity index (χ1n) is 4.06. The van der Waals surface area contributed by atoms with Crippen LogP contribution in [-0.2, 0) is 0 Å². The van der Waals surface area contributed by atoms with Gasteiger partial charge in [0.05, 0.1) is 0 Å². The lowest BCUT2D eigenvalue weighted by molar-refractivity contribution is 0.101. The molecule has 0 amide bonds. The number of phenols is 1. The zero-order valence-corrected chi connectivity index (χ0v) is 7.08. The predicted octanol–water partition coefficient (Wildman–Crippen LogP) is 1.48. The molecule has 0 spiro atoms. The summed E-state index contributed by atoms with van der Waals surface area (Å²) in [7, 11) is 0.842. The van der Waals surface area contributed by atoms with Crippen molar-refractivity contribution in [3.63, 3.8) is 0 Å². The van der Waals surface area contributed by atoms with Crippen molar-refractivity contribution >= 4 is 13.1 Å². The molecule has 1 N–H and O–H groups in total. The molecule has 0 saturated heterocycles. The first-order chi connectivity index (χ1) is 5.74. The van der Waals surface area contributed by atoms with E-state index >= 15 is 0 Å². The Balaban J connectivity index is 2.81. The van der Waals surface area contributed by atoms with Gasteiger partial charge >= 0.3 is 0 Å². The number of rotatable bonds is 3. The second-order valence-corrected chi connectivity index (χ2v) is 2.72. The van der Waals surface area contributed by atoms with E-state index < -0.39 is 0 Å². The van der Waals surface area contributed by atoms with Crippen molar-refractivity contribution in [2.75, 3.05) is 0 Å². The second kappa shape index (κ2) is 3.95. The zero-order valence-electron chi connectivity index (χ0n) is 7.08. The van der Waals surface area contributed by atoms with Crippen molar-refractivity contribution < 1.29 is 9.90 Å². The largest absolute Gasteiger partial charge is 0.508 e. The van der Waals surface area contributed by atoms with E-state index in [1.807, 2.05) is 6.82 Å². The van der Waals surface area contributed by atoms with Crippen molar-refractivity contribution in [1.29, 1.82) is 0 Å². The number of aromatic hydroxyl groups is 1. The topological polar surface area (TPSA) is 37.3 Å². The van der Waals surface area contributed by atoms with Gasteiger partial charge in [-0.05, 0) is 18.5 Å². The normalized spacial score (nSPS) is 9.42. The van der Waals surface area contributed by atoms with Gasteiger partial charge in [0.25, 0.3) is 0 Å². The molecule has 1 rings (SSSR count). The molecule has 0 aliphatic carbocycles. The Labute approximate surface area is 72.5 Å². The van der Waals surface area contributed by atoms with Crippen LogP contribution >= 0.6 is 0 Å². The van der Waals surface area contributed by atoms with Gasteiger partial charge in [-0.15, -0.1) is 0 Å². The maximum atomic E-state index is 11.3. The summed E-state index contributed by atoms with van der Waals surface area (Å²) < 4.78 is 0. The Morgan fingerprint density at radius 2 is 2.33 bits per heavy atom. The van der Waals surface area contributed by atoms with Crippen molar-refractivity contribution in [2.24, 2.45) is 0 Å². The summed E-state index contributed by atoms with van der Waals surface area (Å²) in [6.45, 7) is 1.96. The fourth-order valence-corrected chi connectivity index (χ4v) is 1.05. The summed E-state index contributed by atoms with van der Waals surface area (Å²) in [4.78, 5) is 11.3. The first kappa shape index (κ1) is 8.85. The third-order valence-electron chi connectivity index (χ3n) is 1.65. The highest BCUT2D eigenvalue weighted by atomic mass is 16.3. The van der Waals surface area contributed by atoms with E-state index in [1.165, 1.54) is 6.07 Å². The summed E-state index contributed by atoms with van der Waals surface area (Å²) >= 11 is 0.